The number of halogens is 1. The van der Waals surface area contributed by atoms with Crippen LogP contribution in [-0.2, 0) is 0 Å². The van der Waals surface area contributed by atoms with E-state index in [0.29, 0.717) is 23.0 Å². The fourth-order valence-corrected chi connectivity index (χ4v) is 1.59. The molecule has 0 saturated heterocycles. The number of nitrogens with zero attached hydrogens (tertiary/aromatic N) is 2. The number of hydrogen-bond donors (Lipinski definition) is 0. The number of rotatable bonds is 2. The molecule has 3 aromatic rings. The molecule has 1 aromatic carbocycles. The first kappa shape index (κ1) is 10.7. The van der Waals surface area contributed by atoms with Gasteiger partial charge in [-0.05, 0) is 43.3 Å². The fourth-order valence-electron chi connectivity index (χ4n) is 1.59. The molecule has 0 N–H and O–H groups in total. The van der Waals surface area contributed by atoms with Crippen molar-refractivity contribution in [1.82, 2.24) is 10.1 Å². The van der Waals surface area contributed by atoms with Crippen LogP contribution < -0.4 is 0 Å². The summed E-state index contributed by atoms with van der Waals surface area (Å²) in [5.74, 6) is 1.70. The molecule has 0 fully saturated rings. The highest BCUT2D eigenvalue weighted by Crippen LogP contribution is 2.23. The average Bonchev–Trinajstić information content (AvgIpc) is 2.98. The molecule has 18 heavy (non-hydrogen) atoms. The quantitative estimate of drug-likeness (QED) is 0.692. The molecular formula is C13H9FN2O2. The van der Waals surface area contributed by atoms with Gasteiger partial charge in [0, 0.05) is 5.56 Å². The van der Waals surface area contributed by atoms with Gasteiger partial charge in [0.1, 0.15) is 11.6 Å². The molecular weight excluding hydrogens is 235 g/mol. The molecule has 90 valence electrons. The molecule has 0 bridgehead atoms. The van der Waals surface area contributed by atoms with E-state index < -0.39 is 0 Å². The number of hydrogen-bond acceptors (Lipinski definition) is 4. The van der Waals surface area contributed by atoms with Gasteiger partial charge >= 0.3 is 0 Å². The van der Waals surface area contributed by atoms with Crippen LogP contribution >= 0.6 is 0 Å². The van der Waals surface area contributed by atoms with E-state index in [1.54, 1.807) is 18.2 Å². The third-order valence-electron chi connectivity index (χ3n) is 2.48. The van der Waals surface area contributed by atoms with Crippen molar-refractivity contribution in [2.24, 2.45) is 0 Å². The van der Waals surface area contributed by atoms with Crippen LogP contribution in [0.5, 0.6) is 0 Å². The summed E-state index contributed by atoms with van der Waals surface area (Å²) in [5, 5.41) is 3.83. The second-order valence-electron chi connectivity index (χ2n) is 3.84. The number of benzene rings is 1. The molecule has 0 amide bonds. The van der Waals surface area contributed by atoms with Gasteiger partial charge in [-0.25, -0.2) is 4.39 Å². The van der Waals surface area contributed by atoms with Crippen molar-refractivity contribution in [2.45, 2.75) is 6.92 Å². The Morgan fingerprint density at radius 2 is 1.83 bits per heavy atom. The predicted octanol–water partition coefficient (Wildman–Crippen LogP) is 3.44. The van der Waals surface area contributed by atoms with Gasteiger partial charge in [-0.1, -0.05) is 5.16 Å². The zero-order valence-corrected chi connectivity index (χ0v) is 9.55. The van der Waals surface area contributed by atoms with E-state index in [0.717, 1.165) is 5.76 Å². The Bertz CT molecular complexity index is 670. The van der Waals surface area contributed by atoms with Crippen LogP contribution in [0.4, 0.5) is 4.39 Å². The minimum atomic E-state index is -0.302. The maximum absolute atomic E-state index is 12.8. The molecule has 0 aliphatic heterocycles. The second-order valence-corrected chi connectivity index (χ2v) is 3.84. The van der Waals surface area contributed by atoms with E-state index in [2.05, 4.69) is 10.1 Å². The van der Waals surface area contributed by atoms with Crippen LogP contribution in [0.3, 0.4) is 0 Å². The summed E-state index contributed by atoms with van der Waals surface area (Å²) < 4.78 is 23.3. The van der Waals surface area contributed by atoms with E-state index in [1.165, 1.54) is 12.1 Å². The number of aryl methyl sites for hydroxylation is 1. The van der Waals surface area contributed by atoms with Gasteiger partial charge in [-0.15, -0.1) is 0 Å². The van der Waals surface area contributed by atoms with E-state index in [9.17, 15) is 4.39 Å². The second kappa shape index (κ2) is 4.10. The largest absolute Gasteiger partial charge is 0.456 e. The standard InChI is InChI=1S/C13H9FN2O2/c1-8-2-7-11(17-8)13-15-12(16-18-13)9-3-5-10(14)6-4-9/h2-7H,1H3. The summed E-state index contributed by atoms with van der Waals surface area (Å²) in [6.07, 6.45) is 0. The highest BCUT2D eigenvalue weighted by atomic mass is 19.1. The first-order valence-electron chi connectivity index (χ1n) is 5.39. The molecule has 0 radical (unpaired) electrons. The predicted molar refractivity (Wildman–Crippen MR) is 62.1 cm³/mol. The Hall–Kier alpha value is -2.43. The van der Waals surface area contributed by atoms with Crippen LogP contribution in [0.1, 0.15) is 5.76 Å². The zero-order valence-electron chi connectivity index (χ0n) is 9.55. The van der Waals surface area contributed by atoms with Crippen molar-refractivity contribution in [2.75, 3.05) is 0 Å². The van der Waals surface area contributed by atoms with Crippen molar-refractivity contribution >= 4 is 0 Å². The van der Waals surface area contributed by atoms with E-state index in [-0.39, 0.29) is 5.82 Å². The van der Waals surface area contributed by atoms with Crippen LogP contribution in [0.15, 0.2) is 45.3 Å². The number of furan rings is 1. The minimum absolute atomic E-state index is 0.302. The summed E-state index contributed by atoms with van der Waals surface area (Å²) in [7, 11) is 0. The van der Waals surface area contributed by atoms with E-state index in [1.807, 2.05) is 13.0 Å². The maximum Gasteiger partial charge on any atom is 0.293 e. The van der Waals surface area contributed by atoms with Gasteiger partial charge in [-0.3, -0.25) is 0 Å². The molecule has 3 rings (SSSR count). The molecule has 4 nitrogen and oxygen atoms in total. The monoisotopic (exact) mass is 244 g/mol. The first-order chi connectivity index (χ1) is 8.72. The smallest absolute Gasteiger partial charge is 0.293 e. The van der Waals surface area contributed by atoms with E-state index in [4.69, 9.17) is 8.94 Å². The summed E-state index contributed by atoms with van der Waals surface area (Å²) >= 11 is 0. The minimum Gasteiger partial charge on any atom is -0.456 e. The van der Waals surface area contributed by atoms with Gasteiger partial charge < -0.3 is 8.94 Å². The summed E-state index contributed by atoms with van der Waals surface area (Å²) in [5.41, 5.74) is 0.690. The molecule has 0 aliphatic carbocycles. The Balaban J connectivity index is 1.96. The topological polar surface area (TPSA) is 52.1 Å². The maximum atomic E-state index is 12.8. The van der Waals surface area contributed by atoms with Gasteiger partial charge in [0.2, 0.25) is 5.82 Å². The Kier molecular flexibility index (Phi) is 2.44. The molecule has 0 spiro atoms. The average molecular weight is 244 g/mol. The highest BCUT2D eigenvalue weighted by molar-refractivity contribution is 5.57. The Morgan fingerprint density at radius 3 is 2.50 bits per heavy atom. The van der Waals surface area contributed by atoms with Gasteiger partial charge in [0.25, 0.3) is 5.89 Å². The Morgan fingerprint density at radius 1 is 1.06 bits per heavy atom. The summed E-state index contributed by atoms with van der Waals surface area (Å²) in [6.45, 7) is 1.83. The molecule has 0 aliphatic rings. The van der Waals surface area contributed by atoms with Gasteiger partial charge in [0.15, 0.2) is 5.76 Å². The lowest BCUT2D eigenvalue weighted by molar-refractivity contribution is 0.414. The van der Waals surface area contributed by atoms with Crippen molar-refractivity contribution < 1.29 is 13.3 Å². The molecule has 5 heteroatoms. The highest BCUT2D eigenvalue weighted by Gasteiger charge is 2.13. The fraction of sp³-hybridized carbons (Fsp3) is 0.0769. The van der Waals surface area contributed by atoms with Gasteiger partial charge in [-0.2, -0.15) is 4.98 Å². The molecule has 2 heterocycles. The zero-order chi connectivity index (χ0) is 12.5. The normalized spacial score (nSPS) is 10.8. The van der Waals surface area contributed by atoms with Crippen molar-refractivity contribution in [3.05, 3.63) is 48.0 Å². The van der Waals surface area contributed by atoms with Crippen LogP contribution in [0.25, 0.3) is 23.0 Å². The third kappa shape index (κ3) is 1.90. The lowest BCUT2D eigenvalue weighted by atomic mass is 10.2. The van der Waals surface area contributed by atoms with Crippen LogP contribution in [0.2, 0.25) is 0 Å². The van der Waals surface area contributed by atoms with Gasteiger partial charge in [0.05, 0.1) is 0 Å². The molecule has 0 atom stereocenters. The summed E-state index contributed by atoms with van der Waals surface area (Å²) in [6, 6.07) is 9.47. The van der Waals surface area contributed by atoms with Crippen molar-refractivity contribution in [1.29, 1.82) is 0 Å². The summed E-state index contributed by atoms with van der Waals surface area (Å²) in [4.78, 5) is 4.20. The molecule has 0 saturated carbocycles. The lowest BCUT2D eigenvalue weighted by Gasteiger charge is -1.92. The van der Waals surface area contributed by atoms with Crippen LogP contribution in [0, 0.1) is 12.7 Å². The lowest BCUT2D eigenvalue weighted by Crippen LogP contribution is -1.81. The van der Waals surface area contributed by atoms with Crippen molar-refractivity contribution in [3.8, 4) is 23.0 Å². The SMILES string of the molecule is Cc1ccc(-c2nc(-c3ccc(F)cc3)no2)o1. The van der Waals surface area contributed by atoms with E-state index >= 15 is 0 Å². The third-order valence-corrected chi connectivity index (χ3v) is 2.48. The first-order valence-corrected chi connectivity index (χ1v) is 5.39. The number of aromatic nitrogens is 2. The molecule has 0 unspecified atom stereocenters. The molecule has 2 aromatic heterocycles. The van der Waals surface area contributed by atoms with Crippen molar-refractivity contribution in [3.63, 3.8) is 0 Å². The van der Waals surface area contributed by atoms with Crippen LogP contribution in [-0.4, -0.2) is 10.1 Å². The Labute approximate surface area is 102 Å².